The summed E-state index contributed by atoms with van der Waals surface area (Å²) in [7, 11) is 0. The molecule has 1 heterocycles. The van der Waals surface area contributed by atoms with Gasteiger partial charge in [-0.15, -0.1) is 0 Å². The molecule has 0 radical (unpaired) electrons. The number of hydrogen-bond acceptors (Lipinski definition) is 5. The Labute approximate surface area is 161 Å². The summed E-state index contributed by atoms with van der Waals surface area (Å²) >= 11 is 0.997. The maximum absolute atomic E-state index is 13.6. The van der Waals surface area contributed by atoms with Crippen LogP contribution in [0.5, 0.6) is 0 Å². The Kier molecular flexibility index (Phi) is 6.18. The molecule has 3 aromatic rings. The standard InChI is InChI=1S/C20H19FN4OS/c1-13-8-15(18-10-14(12-22)6-7-23-18)11-16(9-13)20(26)24-25-27-19-5-3-2-4-17(19)21/h2-11,25H,12,22H2,1H3,(H,24,26). The Morgan fingerprint density at radius 2 is 2.00 bits per heavy atom. The van der Waals surface area contributed by atoms with Gasteiger partial charge in [0.05, 0.1) is 10.6 Å². The number of benzene rings is 2. The van der Waals surface area contributed by atoms with Gasteiger partial charge in [0.1, 0.15) is 5.82 Å². The minimum Gasteiger partial charge on any atom is -0.326 e. The Morgan fingerprint density at radius 1 is 1.19 bits per heavy atom. The van der Waals surface area contributed by atoms with Gasteiger partial charge in [-0.3, -0.25) is 15.2 Å². The zero-order chi connectivity index (χ0) is 19.2. The van der Waals surface area contributed by atoms with Crippen LogP contribution in [0.15, 0.2) is 65.7 Å². The average molecular weight is 382 g/mol. The van der Waals surface area contributed by atoms with E-state index in [-0.39, 0.29) is 11.7 Å². The number of halogens is 1. The molecule has 0 atom stereocenters. The van der Waals surface area contributed by atoms with Crippen LogP contribution in [0.1, 0.15) is 21.5 Å². The van der Waals surface area contributed by atoms with Gasteiger partial charge in [0.25, 0.3) is 5.91 Å². The van der Waals surface area contributed by atoms with Gasteiger partial charge < -0.3 is 5.73 Å². The van der Waals surface area contributed by atoms with Crippen molar-refractivity contribution in [3.05, 3.63) is 83.3 Å². The highest BCUT2D eigenvalue weighted by Gasteiger charge is 2.10. The number of nitrogens with one attached hydrogen (secondary N) is 2. The zero-order valence-electron chi connectivity index (χ0n) is 14.7. The Balaban J connectivity index is 1.73. The van der Waals surface area contributed by atoms with Gasteiger partial charge in [-0.1, -0.05) is 12.1 Å². The predicted molar refractivity (Wildman–Crippen MR) is 105 cm³/mol. The molecule has 3 rings (SSSR count). The van der Waals surface area contributed by atoms with Gasteiger partial charge in [-0.2, -0.15) is 4.83 Å². The first-order valence-corrected chi connectivity index (χ1v) is 9.12. The maximum atomic E-state index is 13.6. The van der Waals surface area contributed by atoms with Crippen LogP contribution in [0.4, 0.5) is 4.39 Å². The van der Waals surface area contributed by atoms with Crippen LogP contribution >= 0.6 is 11.9 Å². The van der Waals surface area contributed by atoms with Crippen molar-refractivity contribution in [3.63, 3.8) is 0 Å². The summed E-state index contributed by atoms with van der Waals surface area (Å²) in [6.45, 7) is 2.33. The summed E-state index contributed by atoms with van der Waals surface area (Å²) in [5, 5.41) is 0. The molecule has 0 saturated carbocycles. The molecule has 1 aromatic heterocycles. The van der Waals surface area contributed by atoms with Crippen LogP contribution in [-0.2, 0) is 6.54 Å². The second kappa shape index (κ2) is 8.77. The van der Waals surface area contributed by atoms with Gasteiger partial charge in [0.15, 0.2) is 0 Å². The number of rotatable bonds is 6. The van der Waals surface area contributed by atoms with Crippen molar-refractivity contribution in [1.82, 2.24) is 15.2 Å². The van der Waals surface area contributed by atoms with E-state index in [1.807, 2.05) is 25.1 Å². The first kappa shape index (κ1) is 19.0. The molecule has 0 aliphatic carbocycles. The highest BCUT2D eigenvalue weighted by atomic mass is 32.2. The molecule has 5 nitrogen and oxygen atoms in total. The van der Waals surface area contributed by atoms with Crippen molar-refractivity contribution < 1.29 is 9.18 Å². The minimum atomic E-state index is -0.354. The van der Waals surface area contributed by atoms with Crippen molar-refractivity contribution in [3.8, 4) is 11.3 Å². The first-order valence-electron chi connectivity index (χ1n) is 8.30. The number of aryl methyl sites for hydroxylation is 1. The fourth-order valence-electron chi connectivity index (χ4n) is 2.55. The number of nitrogens with zero attached hydrogens (tertiary/aromatic N) is 1. The van der Waals surface area contributed by atoms with E-state index in [0.717, 1.165) is 34.3 Å². The molecule has 0 bridgehead atoms. The SMILES string of the molecule is Cc1cc(C(=O)NNSc2ccccc2F)cc(-c2cc(CN)ccn2)c1. The highest BCUT2D eigenvalue weighted by Crippen LogP contribution is 2.22. The molecule has 0 spiro atoms. The van der Waals surface area contributed by atoms with Crippen molar-refractivity contribution in [2.45, 2.75) is 18.4 Å². The molecular formula is C20H19FN4OS. The fraction of sp³-hybridized carbons (Fsp3) is 0.100. The van der Waals surface area contributed by atoms with Crippen LogP contribution < -0.4 is 16.0 Å². The number of nitrogens with two attached hydrogens (primary N) is 1. The molecule has 0 aliphatic heterocycles. The van der Waals surface area contributed by atoms with Crippen LogP contribution in [0, 0.1) is 12.7 Å². The highest BCUT2D eigenvalue weighted by molar-refractivity contribution is 7.97. The van der Waals surface area contributed by atoms with E-state index >= 15 is 0 Å². The molecule has 1 amide bonds. The lowest BCUT2D eigenvalue weighted by molar-refractivity contribution is 0.0947. The van der Waals surface area contributed by atoms with Crippen LogP contribution in [0.2, 0.25) is 0 Å². The summed E-state index contributed by atoms with van der Waals surface area (Å²) in [6, 6.07) is 15.6. The number of carbonyl (C=O) groups is 1. The minimum absolute atomic E-state index is 0.321. The molecule has 7 heteroatoms. The molecule has 0 aliphatic rings. The summed E-state index contributed by atoms with van der Waals surface area (Å²) in [4.78, 5) is 19.9. The van der Waals surface area contributed by atoms with Crippen molar-refractivity contribution in [2.24, 2.45) is 5.73 Å². The molecule has 0 saturated heterocycles. The molecule has 4 N–H and O–H groups in total. The third-order valence-electron chi connectivity index (χ3n) is 3.86. The molecule has 0 fully saturated rings. The molecule has 0 unspecified atom stereocenters. The third kappa shape index (κ3) is 4.91. The molecule has 27 heavy (non-hydrogen) atoms. The summed E-state index contributed by atoms with van der Waals surface area (Å²) in [5.74, 6) is -0.674. The zero-order valence-corrected chi connectivity index (χ0v) is 15.5. The van der Waals surface area contributed by atoms with Gasteiger partial charge in [0, 0.05) is 23.9 Å². The first-order chi connectivity index (χ1) is 13.1. The summed E-state index contributed by atoms with van der Waals surface area (Å²) in [5.41, 5.74) is 12.2. The summed E-state index contributed by atoms with van der Waals surface area (Å²) < 4.78 is 13.6. The topological polar surface area (TPSA) is 80.0 Å². The van der Waals surface area contributed by atoms with E-state index in [4.69, 9.17) is 5.73 Å². The van der Waals surface area contributed by atoms with Gasteiger partial charge in [-0.25, -0.2) is 4.39 Å². The maximum Gasteiger partial charge on any atom is 0.266 e. The largest absolute Gasteiger partial charge is 0.326 e. The van der Waals surface area contributed by atoms with E-state index in [1.54, 1.807) is 36.5 Å². The number of hydrazine groups is 1. The molecule has 2 aromatic carbocycles. The number of pyridine rings is 1. The number of carbonyl (C=O) groups excluding carboxylic acids is 1. The lowest BCUT2D eigenvalue weighted by Gasteiger charge is -2.10. The van der Waals surface area contributed by atoms with Gasteiger partial charge in [-0.05, 0) is 72.5 Å². The summed E-state index contributed by atoms with van der Waals surface area (Å²) in [6.07, 6.45) is 1.70. The van der Waals surface area contributed by atoms with Crippen LogP contribution in [0.25, 0.3) is 11.3 Å². The molecular weight excluding hydrogens is 363 g/mol. The monoisotopic (exact) mass is 382 g/mol. The van der Waals surface area contributed by atoms with E-state index in [0.29, 0.717) is 17.0 Å². The number of hydrogen-bond donors (Lipinski definition) is 3. The Morgan fingerprint density at radius 3 is 2.78 bits per heavy atom. The lowest BCUT2D eigenvalue weighted by atomic mass is 10.0. The van der Waals surface area contributed by atoms with E-state index in [9.17, 15) is 9.18 Å². The fourth-order valence-corrected chi connectivity index (χ4v) is 3.11. The normalized spacial score (nSPS) is 10.6. The van der Waals surface area contributed by atoms with Gasteiger partial charge in [0.2, 0.25) is 0 Å². The van der Waals surface area contributed by atoms with E-state index < -0.39 is 0 Å². The quantitative estimate of drug-likeness (QED) is 0.448. The van der Waals surface area contributed by atoms with Crippen LogP contribution in [-0.4, -0.2) is 10.9 Å². The Hall–Kier alpha value is -2.74. The average Bonchev–Trinajstić information content (AvgIpc) is 2.69. The third-order valence-corrected chi connectivity index (χ3v) is 4.61. The Bertz CT molecular complexity index is 964. The predicted octanol–water partition coefficient (Wildman–Crippen LogP) is 3.60. The lowest BCUT2D eigenvalue weighted by Crippen LogP contribution is -2.32. The van der Waals surface area contributed by atoms with Gasteiger partial charge >= 0.3 is 0 Å². The number of amides is 1. The second-order valence-electron chi connectivity index (χ2n) is 5.93. The van der Waals surface area contributed by atoms with Crippen molar-refractivity contribution >= 4 is 17.9 Å². The van der Waals surface area contributed by atoms with Crippen molar-refractivity contribution in [2.75, 3.05) is 0 Å². The number of aromatic nitrogens is 1. The smallest absolute Gasteiger partial charge is 0.266 e. The molecule has 138 valence electrons. The van der Waals surface area contributed by atoms with E-state index in [2.05, 4.69) is 15.2 Å². The van der Waals surface area contributed by atoms with E-state index in [1.165, 1.54) is 6.07 Å². The second-order valence-corrected chi connectivity index (χ2v) is 6.78. The van der Waals surface area contributed by atoms with Crippen molar-refractivity contribution in [1.29, 1.82) is 0 Å². The van der Waals surface area contributed by atoms with Crippen LogP contribution in [0.3, 0.4) is 0 Å².